The third kappa shape index (κ3) is 7.94. The lowest BCUT2D eigenvalue weighted by Gasteiger charge is -2.23. The summed E-state index contributed by atoms with van der Waals surface area (Å²) in [5.74, 6) is -0.290. The van der Waals surface area contributed by atoms with Gasteiger partial charge in [0.1, 0.15) is 12.4 Å². The van der Waals surface area contributed by atoms with E-state index in [1.807, 2.05) is 39.0 Å². The highest BCUT2D eigenvalue weighted by Crippen LogP contribution is 2.36. The van der Waals surface area contributed by atoms with Gasteiger partial charge in [-0.25, -0.2) is 0 Å². The largest absolute Gasteiger partial charge is 0.494 e. The normalized spacial score (nSPS) is 10.9. The van der Waals surface area contributed by atoms with Crippen LogP contribution in [0.3, 0.4) is 0 Å². The highest BCUT2D eigenvalue weighted by molar-refractivity contribution is 6.10. The first kappa shape index (κ1) is 30.7. The van der Waals surface area contributed by atoms with E-state index in [2.05, 4.69) is 25.9 Å². The Balaban J connectivity index is 1.50. The molecule has 2 heterocycles. The van der Waals surface area contributed by atoms with Gasteiger partial charge in [0.25, 0.3) is 11.8 Å². The number of nitrogens with one attached hydrogen (secondary N) is 3. The molecule has 2 aromatic carbocycles. The van der Waals surface area contributed by atoms with Crippen LogP contribution in [-0.2, 0) is 16.8 Å². The zero-order valence-corrected chi connectivity index (χ0v) is 25.1. The number of anilines is 3. The maximum absolute atomic E-state index is 13.5. The van der Waals surface area contributed by atoms with Gasteiger partial charge >= 0.3 is 0 Å². The molecule has 0 saturated carbocycles. The number of ether oxygens (including phenoxy) is 2. The van der Waals surface area contributed by atoms with E-state index in [0.29, 0.717) is 40.7 Å². The van der Waals surface area contributed by atoms with Crippen LogP contribution in [0.4, 0.5) is 17.1 Å². The van der Waals surface area contributed by atoms with E-state index in [-0.39, 0.29) is 28.5 Å². The van der Waals surface area contributed by atoms with Crippen LogP contribution in [0, 0.1) is 6.92 Å². The molecule has 3 N–H and O–H groups in total. The number of methoxy groups -OCH3 is 1. The molecule has 4 aromatic rings. The van der Waals surface area contributed by atoms with E-state index < -0.39 is 5.91 Å². The minimum atomic E-state index is -0.479. The van der Waals surface area contributed by atoms with Crippen LogP contribution < -0.4 is 25.4 Å². The molecule has 2 aromatic heterocycles. The molecule has 3 amide bonds. The highest BCUT2D eigenvalue weighted by atomic mass is 16.5. The average molecular weight is 582 g/mol. The lowest BCUT2D eigenvalue weighted by Crippen LogP contribution is -2.20. The Labute approximate surface area is 250 Å². The van der Waals surface area contributed by atoms with Crippen molar-refractivity contribution in [3.63, 3.8) is 0 Å². The molecule has 0 fully saturated rings. The Hall–Kier alpha value is -5.25. The molecular weight excluding hydrogens is 546 g/mol. The first-order chi connectivity index (χ1) is 20.4. The molecule has 0 bridgehead atoms. The maximum Gasteiger partial charge on any atom is 0.259 e. The minimum Gasteiger partial charge on any atom is -0.494 e. The van der Waals surface area contributed by atoms with Crippen LogP contribution in [0.5, 0.6) is 11.5 Å². The molecule has 0 spiro atoms. The van der Waals surface area contributed by atoms with Gasteiger partial charge in [0.05, 0.1) is 47.2 Å². The number of amides is 3. The Bertz CT molecular complexity index is 1630. The van der Waals surface area contributed by atoms with Crippen molar-refractivity contribution < 1.29 is 23.9 Å². The molecule has 4 rings (SSSR count). The lowest BCUT2D eigenvalue weighted by molar-refractivity contribution is -0.114. The first-order valence-corrected chi connectivity index (χ1v) is 13.7. The van der Waals surface area contributed by atoms with E-state index >= 15 is 0 Å². The second kappa shape index (κ2) is 13.2. The molecule has 43 heavy (non-hydrogen) atoms. The molecule has 0 aliphatic heterocycles. The van der Waals surface area contributed by atoms with Crippen LogP contribution in [0.1, 0.15) is 65.4 Å². The van der Waals surface area contributed by atoms with Crippen molar-refractivity contribution in [2.24, 2.45) is 0 Å². The van der Waals surface area contributed by atoms with Crippen molar-refractivity contribution >= 4 is 34.8 Å². The number of hydrogen-bond acceptors (Lipinski definition) is 7. The zero-order chi connectivity index (χ0) is 31.1. The Kier molecular flexibility index (Phi) is 9.39. The number of hydrogen-bond donors (Lipinski definition) is 3. The van der Waals surface area contributed by atoms with Gasteiger partial charge in [-0.2, -0.15) is 0 Å². The van der Waals surface area contributed by atoms with Gasteiger partial charge in [-0.3, -0.25) is 24.4 Å². The van der Waals surface area contributed by atoms with Crippen LogP contribution in [0.2, 0.25) is 0 Å². The van der Waals surface area contributed by atoms with Crippen molar-refractivity contribution in [2.75, 3.05) is 23.1 Å². The summed E-state index contributed by atoms with van der Waals surface area (Å²) in [6.45, 7) is 9.45. The summed E-state index contributed by atoms with van der Waals surface area (Å²) in [5.41, 5.74) is 3.63. The van der Waals surface area contributed by atoms with E-state index in [9.17, 15) is 14.4 Å². The molecule has 0 saturated heterocycles. The van der Waals surface area contributed by atoms with Crippen molar-refractivity contribution in [1.82, 2.24) is 9.97 Å². The number of benzene rings is 2. The molecular formula is C33H35N5O5. The predicted octanol–water partition coefficient (Wildman–Crippen LogP) is 6.13. The number of aryl methyl sites for hydroxylation is 1. The monoisotopic (exact) mass is 581 g/mol. The predicted molar refractivity (Wildman–Crippen MR) is 166 cm³/mol. The molecule has 10 heteroatoms. The highest BCUT2D eigenvalue weighted by Gasteiger charge is 2.24. The van der Waals surface area contributed by atoms with Gasteiger partial charge in [-0.15, -0.1) is 0 Å². The van der Waals surface area contributed by atoms with Crippen molar-refractivity contribution in [1.29, 1.82) is 0 Å². The average Bonchev–Trinajstić information content (AvgIpc) is 2.97. The summed E-state index contributed by atoms with van der Waals surface area (Å²) in [6.07, 6.45) is 3.19. The Morgan fingerprint density at radius 1 is 0.837 bits per heavy atom. The quantitative estimate of drug-likeness (QED) is 0.217. The van der Waals surface area contributed by atoms with Gasteiger partial charge in [-0.05, 0) is 72.5 Å². The molecule has 0 atom stereocenters. The number of aromatic nitrogens is 2. The summed E-state index contributed by atoms with van der Waals surface area (Å²) in [4.78, 5) is 47.1. The molecule has 0 unspecified atom stereocenters. The molecule has 0 radical (unpaired) electrons. The summed E-state index contributed by atoms with van der Waals surface area (Å²) < 4.78 is 11.3. The fraction of sp³-hybridized carbons (Fsp3) is 0.242. The van der Waals surface area contributed by atoms with E-state index in [0.717, 1.165) is 11.3 Å². The smallest absolute Gasteiger partial charge is 0.259 e. The van der Waals surface area contributed by atoms with Crippen molar-refractivity contribution in [3.05, 3.63) is 101 Å². The van der Waals surface area contributed by atoms with Gasteiger partial charge < -0.3 is 25.4 Å². The van der Waals surface area contributed by atoms with E-state index in [1.165, 1.54) is 20.2 Å². The number of carbonyl (C=O) groups is 3. The fourth-order valence-corrected chi connectivity index (χ4v) is 4.24. The number of pyridine rings is 2. The van der Waals surface area contributed by atoms with E-state index in [1.54, 1.807) is 55.6 Å². The second-order valence-electron chi connectivity index (χ2n) is 10.9. The van der Waals surface area contributed by atoms with Crippen LogP contribution in [0.25, 0.3) is 0 Å². The SMILES string of the molecule is COc1c(NC(C)=O)cc(C(C)(C)C)cc1C(=O)Nc1cnc(C)c(C(=O)Nc2ccc(OCc3ccccn3)cc2)c1. The number of carbonyl (C=O) groups excluding carboxylic acids is 3. The van der Waals surface area contributed by atoms with Crippen LogP contribution >= 0.6 is 0 Å². The maximum atomic E-state index is 13.5. The summed E-state index contributed by atoms with van der Waals surface area (Å²) >= 11 is 0. The van der Waals surface area contributed by atoms with Gasteiger partial charge in [0.2, 0.25) is 5.91 Å². The summed E-state index contributed by atoms with van der Waals surface area (Å²) in [6, 6.07) is 17.7. The first-order valence-electron chi connectivity index (χ1n) is 13.7. The van der Waals surface area contributed by atoms with Crippen LogP contribution in [-0.4, -0.2) is 34.8 Å². The minimum absolute atomic E-state index is 0.228. The number of nitrogens with zero attached hydrogens (tertiary/aromatic N) is 2. The van der Waals surface area contributed by atoms with E-state index in [4.69, 9.17) is 9.47 Å². The van der Waals surface area contributed by atoms with Gasteiger partial charge in [0.15, 0.2) is 5.75 Å². The second-order valence-corrected chi connectivity index (χ2v) is 10.9. The van der Waals surface area contributed by atoms with Crippen LogP contribution in [0.15, 0.2) is 73.1 Å². The van der Waals surface area contributed by atoms with Gasteiger partial charge in [0, 0.05) is 18.8 Å². The van der Waals surface area contributed by atoms with Gasteiger partial charge in [-0.1, -0.05) is 26.8 Å². The fourth-order valence-electron chi connectivity index (χ4n) is 4.24. The zero-order valence-electron chi connectivity index (χ0n) is 25.1. The summed E-state index contributed by atoms with van der Waals surface area (Å²) in [5, 5.41) is 8.43. The lowest BCUT2D eigenvalue weighted by atomic mass is 9.85. The third-order valence-electron chi connectivity index (χ3n) is 6.53. The summed E-state index contributed by atoms with van der Waals surface area (Å²) in [7, 11) is 1.43. The van der Waals surface area contributed by atoms with Crippen molar-refractivity contribution in [2.45, 2.75) is 46.6 Å². The Morgan fingerprint density at radius 2 is 1.53 bits per heavy atom. The Morgan fingerprint density at radius 3 is 2.16 bits per heavy atom. The topological polar surface area (TPSA) is 132 Å². The molecule has 0 aliphatic rings. The number of rotatable bonds is 9. The third-order valence-corrected chi connectivity index (χ3v) is 6.53. The molecule has 0 aliphatic carbocycles. The van der Waals surface area contributed by atoms with Crippen molar-refractivity contribution in [3.8, 4) is 11.5 Å². The molecule has 10 nitrogen and oxygen atoms in total. The molecule has 222 valence electrons. The standard InChI is InChI=1S/C33H35N5O5/c1-20-27(31(40)37-23-10-12-26(13-11-23)43-19-24-9-7-8-14-34-24)17-25(18-35-20)38-32(41)28-15-22(33(3,4)5)16-29(30(28)42-6)36-21(2)39/h7-18H,19H2,1-6H3,(H,36,39)(H,37,40)(H,38,41).